The molecule has 0 aromatic rings. The predicted octanol–water partition coefficient (Wildman–Crippen LogP) is 0.770. The largest absolute Gasteiger partial charge is 0.592 e. The fourth-order valence-electron chi connectivity index (χ4n) is 0.421. The second-order valence-corrected chi connectivity index (χ2v) is 2.57. The molecule has 0 saturated heterocycles. The molecule has 76 valence electrons. The molecule has 0 spiro atoms. The lowest BCUT2D eigenvalue weighted by atomic mass is 10.3. The average molecular weight is 192 g/mol. The van der Waals surface area contributed by atoms with Crippen molar-refractivity contribution in [2.45, 2.75) is 19.5 Å². The number of hydrogen-bond donors (Lipinski definition) is 0. The van der Waals surface area contributed by atoms with Crippen molar-refractivity contribution in [1.29, 1.82) is 0 Å². The first-order valence-corrected chi connectivity index (χ1v) is 3.39. The highest BCUT2D eigenvalue weighted by molar-refractivity contribution is 4.45. The Hall–Kier alpha value is -1.60. The normalized spacial score (nSPS) is 14.2. The third-order valence-electron chi connectivity index (χ3n) is 1.25. The Balaban J connectivity index is 4.74. The van der Waals surface area contributed by atoms with Gasteiger partial charge < -0.3 is 20.1 Å². The zero-order valence-electron chi connectivity index (χ0n) is 7.92. The van der Waals surface area contributed by atoms with Crippen LogP contribution in [0.25, 0.3) is 0 Å². The summed E-state index contributed by atoms with van der Waals surface area (Å²) in [5.74, 6) is 0. The molecule has 0 unspecified atom stereocenters. The molecule has 0 aliphatic carbocycles. The minimum Gasteiger partial charge on any atom is -0.592 e. The predicted molar refractivity (Wildman–Crippen MR) is 40.2 cm³/mol. The standard InChI is InChI=1S/C5H12N4O4/c1-5(2,8(10)6-12-3)9(11)7-13-4/h1-4H3/b8-6-,9-7-. The summed E-state index contributed by atoms with van der Waals surface area (Å²) < 4.78 is 0. The lowest BCUT2D eigenvalue weighted by Crippen LogP contribution is -2.40. The van der Waals surface area contributed by atoms with E-state index in [1.165, 1.54) is 28.1 Å². The van der Waals surface area contributed by atoms with Gasteiger partial charge in [-0.25, -0.2) is 0 Å². The van der Waals surface area contributed by atoms with E-state index in [2.05, 4.69) is 20.2 Å². The minimum absolute atomic E-state index is 0.0858. The lowest BCUT2D eigenvalue weighted by Gasteiger charge is -2.14. The minimum atomic E-state index is -1.51. The van der Waals surface area contributed by atoms with E-state index in [0.717, 1.165) is 0 Å². The van der Waals surface area contributed by atoms with Crippen LogP contribution in [0.4, 0.5) is 0 Å². The van der Waals surface area contributed by atoms with Crippen molar-refractivity contribution in [2.75, 3.05) is 14.2 Å². The van der Waals surface area contributed by atoms with Crippen LogP contribution in [0, 0.1) is 10.4 Å². The molecule has 0 aliphatic rings. The van der Waals surface area contributed by atoms with Gasteiger partial charge in [-0.1, -0.05) is 0 Å². The molecule has 0 atom stereocenters. The topological polar surface area (TPSA) is 95.3 Å². The van der Waals surface area contributed by atoms with Gasteiger partial charge in [-0.3, -0.25) is 0 Å². The second kappa shape index (κ2) is 4.43. The summed E-state index contributed by atoms with van der Waals surface area (Å²) in [6, 6.07) is 0. The van der Waals surface area contributed by atoms with E-state index in [0.29, 0.717) is 0 Å². The summed E-state index contributed by atoms with van der Waals surface area (Å²) >= 11 is 0. The Bertz CT molecular complexity index is 203. The maximum atomic E-state index is 11.0. The first-order valence-electron chi connectivity index (χ1n) is 3.39. The van der Waals surface area contributed by atoms with Gasteiger partial charge in [0.25, 0.3) is 0 Å². The first-order chi connectivity index (χ1) is 5.96. The maximum Gasteiger partial charge on any atom is 0.418 e. The van der Waals surface area contributed by atoms with Crippen LogP contribution < -0.4 is 0 Å². The van der Waals surface area contributed by atoms with E-state index in [9.17, 15) is 10.4 Å². The smallest absolute Gasteiger partial charge is 0.418 e. The van der Waals surface area contributed by atoms with Crippen molar-refractivity contribution in [3.8, 4) is 0 Å². The van der Waals surface area contributed by atoms with Gasteiger partial charge in [-0.2, -0.15) is 0 Å². The summed E-state index contributed by atoms with van der Waals surface area (Å²) in [4.78, 5) is 8.59. The molecule has 0 aliphatic heterocycles. The van der Waals surface area contributed by atoms with Gasteiger partial charge in [0.15, 0.2) is 0 Å². The molecule has 0 fully saturated rings. The van der Waals surface area contributed by atoms with Gasteiger partial charge in [-0.15, -0.1) is 0 Å². The van der Waals surface area contributed by atoms with Crippen LogP contribution >= 0.6 is 0 Å². The molecule has 0 aromatic carbocycles. The van der Waals surface area contributed by atoms with Crippen molar-refractivity contribution in [3.05, 3.63) is 10.4 Å². The Morgan fingerprint density at radius 1 is 1.00 bits per heavy atom. The molecular formula is C5H12N4O4. The van der Waals surface area contributed by atoms with Crippen LogP contribution in [-0.4, -0.2) is 29.6 Å². The zero-order valence-corrected chi connectivity index (χ0v) is 7.92. The van der Waals surface area contributed by atoms with Crippen molar-refractivity contribution in [2.24, 2.45) is 10.6 Å². The molecule has 8 heteroatoms. The fourth-order valence-corrected chi connectivity index (χ4v) is 0.421. The number of nitrogens with zero attached hydrogens (tertiary/aromatic N) is 4. The quantitative estimate of drug-likeness (QED) is 0.284. The fraction of sp³-hybridized carbons (Fsp3) is 1.00. The van der Waals surface area contributed by atoms with E-state index >= 15 is 0 Å². The number of hydrogen-bond acceptors (Lipinski definition) is 6. The molecule has 0 N–H and O–H groups in total. The SMILES string of the molecule is CO/N=[N+](\[O-])C(C)(C)/[N+]([O-])=N/OC. The van der Waals surface area contributed by atoms with Crippen molar-refractivity contribution in [3.63, 3.8) is 0 Å². The summed E-state index contributed by atoms with van der Waals surface area (Å²) in [6.45, 7) is 2.64. The lowest BCUT2D eigenvalue weighted by molar-refractivity contribution is -0.837. The Morgan fingerprint density at radius 3 is 1.54 bits per heavy atom. The van der Waals surface area contributed by atoms with Crippen molar-refractivity contribution < 1.29 is 19.4 Å². The van der Waals surface area contributed by atoms with Crippen LogP contribution in [0.2, 0.25) is 0 Å². The van der Waals surface area contributed by atoms with Crippen LogP contribution in [0.5, 0.6) is 0 Å². The van der Waals surface area contributed by atoms with Crippen LogP contribution in [0.15, 0.2) is 10.6 Å². The molecular weight excluding hydrogens is 180 g/mol. The van der Waals surface area contributed by atoms with Gasteiger partial charge in [-0.05, 0) is 0 Å². The van der Waals surface area contributed by atoms with Crippen molar-refractivity contribution >= 4 is 0 Å². The molecule has 0 saturated carbocycles. The highest BCUT2D eigenvalue weighted by atomic mass is 16.7. The Morgan fingerprint density at radius 2 is 1.31 bits per heavy atom. The van der Waals surface area contributed by atoms with Gasteiger partial charge in [0, 0.05) is 9.72 Å². The summed E-state index contributed by atoms with van der Waals surface area (Å²) in [7, 11) is 2.40. The van der Waals surface area contributed by atoms with Crippen molar-refractivity contribution in [1.82, 2.24) is 0 Å². The van der Waals surface area contributed by atoms with Crippen LogP contribution in [0.3, 0.4) is 0 Å². The Kier molecular flexibility index (Phi) is 3.89. The van der Waals surface area contributed by atoms with Gasteiger partial charge in [0.1, 0.15) is 14.2 Å². The zero-order chi connectivity index (χ0) is 10.5. The molecule has 13 heavy (non-hydrogen) atoms. The van der Waals surface area contributed by atoms with Gasteiger partial charge in [0.05, 0.1) is 13.8 Å². The molecule has 0 bridgehead atoms. The number of hydroxylamine groups is 2. The molecule has 8 nitrogen and oxygen atoms in total. The highest BCUT2D eigenvalue weighted by Crippen LogP contribution is 2.10. The van der Waals surface area contributed by atoms with Crippen LogP contribution in [-0.2, 0) is 9.68 Å². The molecule has 0 heterocycles. The number of rotatable bonds is 4. The maximum absolute atomic E-state index is 11.0. The van der Waals surface area contributed by atoms with Gasteiger partial charge in [0.2, 0.25) is 10.6 Å². The van der Waals surface area contributed by atoms with E-state index in [1.54, 1.807) is 0 Å². The summed E-state index contributed by atoms with van der Waals surface area (Å²) in [5, 5.41) is 28.1. The van der Waals surface area contributed by atoms with E-state index in [1.807, 2.05) is 0 Å². The summed E-state index contributed by atoms with van der Waals surface area (Å²) in [6.07, 6.45) is 0. The molecule has 0 rings (SSSR count). The Labute approximate surface area is 75.1 Å². The monoisotopic (exact) mass is 192 g/mol. The van der Waals surface area contributed by atoms with Gasteiger partial charge >= 0.3 is 5.66 Å². The summed E-state index contributed by atoms with van der Waals surface area (Å²) in [5.41, 5.74) is -1.51. The van der Waals surface area contributed by atoms with Crippen LogP contribution in [0.1, 0.15) is 13.8 Å². The van der Waals surface area contributed by atoms with E-state index in [4.69, 9.17) is 0 Å². The second-order valence-electron chi connectivity index (χ2n) is 2.57. The van der Waals surface area contributed by atoms with E-state index < -0.39 is 5.66 Å². The third kappa shape index (κ3) is 2.73. The highest BCUT2D eigenvalue weighted by Gasteiger charge is 2.41. The average Bonchev–Trinajstić information content (AvgIpc) is 2.05. The molecule has 0 aromatic heterocycles. The third-order valence-corrected chi connectivity index (χ3v) is 1.25. The first kappa shape index (κ1) is 11.4. The molecule has 0 amide bonds. The van der Waals surface area contributed by atoms with E-state index in [-0.39, 0.29) is 9.72 Å². The molecule has 0 radical (unpaired) electrons.